The van der Waals surface area contributed by atoms with E-state index in [1.165, 1.54) is 24.3 Å². The summed E-state index contributed by atoms with van der Waals surface area (Å²) in [6.07, 6.45) is 0. The highest BCUT2D eigenvalue weighted by atomic mass is 35.5. The number of benzene rings is 3. The lowest BCUT2D eigenvalue weighted by Gasteiger charge is -2.11. The van der Waals surface area contributed by atoms with Crippen molar-refractivity contribution < 1.29 is 14.1 Å². The normalized spacial score (nSPS) is 10.8. The molecular formula is C21H14ClN3O4. The molecule has 1 amide bonds. The van der Waals surface area contributed by atoms with Gasteiger partial charge in [-0.05, 0) is 48.9 Å². The number of halogens is 1. The molecule has 1 N–H and O–H groups in total. The SMILES string of the molecule is Cc1c(NC(=O)c2cccc([N+](=O)[O-])c2)cccc1-c1nc2cc(Cl)ccc2o1. The number of oxazole rings is 1. The highest BCUT2D eigenvalue weighted by Gasteiger charge is 2.16. The van der Waals surface area contributed by atoms with E-state index in [4.69, 9.17) is 16.0 Å². The molecule has 29 heavy (non-hydrogen) atoms. The molecular weight excluding hydrogens is 394 g/mol. The van der Waals surface area contributed by atoms with E-state index >= 15 is 0 Å². The maximum atomic E-state index is 12.6. The average Bonchev–Trinajstić information content (AvgIpc) is 3.12. The molecule has 0 saturated carbocycles. The predicted octanol–water partition coefficient (Wildman–Crippen LogP) is 5.62. The van der Waals surface area contributed by atoms with Gasteiger partial charge in [0.1, 0.15) is 5.52 Å². The molecule has 144 valence electrons. The highest BCUT2D eigenvalue weighted by Crippen LogP contribution is 2.31. The number of amides is 1. The number of carbonyl (C=O) groups excluding carboxylic acids is 1. The third-order valence-electron chi connectivity index (χ3n) is 4.48. The number of fused-ring (bicyclic) bond motifs is 1. The lowest BCUT2D eigenvalue weighted by molar-refractivity contribution is -0.384. The highest BCUT2D eigenvalue weighted by molar-refractivity contribution is 6.31. The summed E-state index contributed by atoms with van der Waals surface area (Å²) in [4.78, 5) is 27.4. The van der Waals surface area contributed by atoms with Crippen molar-refractivity contribution in [2.75, 3.05) is 5.32 Å². The van der Waals surface area contributed by atoms with Gasteiger partial charge in [-0.3, -0.25) is 14.9 Å². The lowest BCUT2D eigenvalue weighted by Crippen LogP contribution is -2.13. The van der Waals surface area contributed by atoms with Gasteiger partial charge in [0.15, 0.2) is 5.58 Å². The van der Waals surface area contributed by atoms with Crippen LogP contribution in [0.15, 0.2) is 65.1 Å². The molecule has 0 fully saturated rings. The smallest absolute Gasteiger partial charge is 0.270 e. The first-order chi connectivity index (χ1) is 13.9. The van der Waals surface area contributed by atoms with Crippen LogP contribution in [-0.2, 0) is 0 Å². The molecule has 0 spiro atoms. The molecule has 4 aromatic rings. The van der Waals surface area contributed by atoms with Crippen LogP contribution >= 0.6 is 11.6 Å². The number of nitrogens with one attached hydrogen (secondary N) is 1. The summed E-state index contributed by atoms with van der Waals surface area (Å²) in [6.45, 7) is 1.83. The first kappa shape index (κ1) is 18.6. The molecule has 1 aromatic heterocycles. The van der Waals surface area contributed by atoms with E-state index in [1.807, 2.05) is 13.0 Å². The fourth-order valence-corrected chi connectivity index (χ4v) is 3.14. The Labute approximate surface area is 170 Å². The summed E-state index contributed by atoms with van der Waals surface area (Å²) in [6, 6.07) is 16.1. The van der Waals surface area contributed by atoms with Crippen molar-refractivity contribution in [2.45, 2.75) is 6.92 Å². The van der Waals surface area contributed by atoms with Crippen molar-refractivity contribution in [1.82, 2.24) is 4.98 Å². The fraction of sp³-hybridized carbons (Fsp3) is 0.0476. The number of hydrogen-bond acceptors (Lipinski definition) is 5. The molecule has 3 aromatic carbocycles. The zero-order chi connectivity index (χ0) is 20.5. The van der Waals surface area contributed by atoms with Gasteiger partial charge in [0.25, 0.3) is 11.6 Å². The zero-order valence-corrected chi connectivity index (χ0v) is 15.9. The Kier molecular flexibility index (Phi) is 4.74. The van der Waals surface area contributed by atoms with Crippen LogP contribution in [0.5, 0.6) is 0 Å². The van der Waals surface area contributed by atoms with Gasteiger partial charge in [-0.1, -0.05) is 23.7 Å². The third kappa shape index (κ3) is 3.68. The summed E-state index contributed by atoms with van der Waals surface area (Å²) in [7, 11) is 0. The molecule has 0 aliphatic rings. The van der Waals surface area contributed by atoms with E-state index in [1.54, 1.807) is 30.3 Å². The van der Waals surface area contributed by atoms with Crippen LogP contribution in [-0.4, -0.2) is 15.8 Å². The van der Waals surface area contributed by atoms with E-state index in [-0.39, 0.29) is 11.3 Å². The van der Waals surface area contributed by atoms with Gasteiger partial charge in [0.2, 0.25) is 5.89 Å². The van der Waals surface area contributed by atoms with Crippen LogP contribution in [0.4, 0.5) is 11.4 Å². The van der Waals surface area contributed by atoms with Crippen molar-refractivity contribution in [3.05, 3.63) is 86.9 Å². The van der Waals surface area contributed by atoms with E-state index in [0.717, 1.165) is 5.56 Å². The Morgan fingerprint density at radius 1 is 1.14 bits per heavy atom. The molecule has 0 unspecified atom stereocenters. The number of nitrogens with zero attached hydrogens (tertiary/aromatic N) is 2. The standard InChI is InChI=1S/C21H14ClN3O4/c1-12-16(21-24-18-11-14(22)8-9-19(18)29-21)6-3-7-17(12)23-20(26)13-4-2-5-15(10-13)25(27)28/h2-11H,1H3,(H,23,26). The molecule has 0 aliphatic carbocycles. The maximum Gasteiger partial charge on any atom is 0.270 e. The van der Waals surface area contributed by atoms with Gasteiger partial charge in [0, 0.05) is 34.0 Å². The third-order valence-corrected chi connectivity index (χ3v) is 4.72. The number of hydrogen-bond donors (Lipinski definition) is 1. The van der Waals surface area contributed by atoms with Gasteiger partial charge in [-0.2, -0.15) is 0 Å². The Hall–Kier alpha value is -3.71. The van der Waals surface area contributed by atoms with Gasteiger partial charge >= 0.3 is 0 Å². The fourth-order valence-electron chi connectivity index (χ4n) is 2.97. The minimum absolute atomic E-state index is 0.145. The zero-order valence-electron chi connectivity index (χ0n) is 15.2. The van der Waals surface area contributed by atoms with Crippen LogP contribution in [0.25, 0.3) is 22.6 Å². The molecule has 0 atom stereocenters. The Balaban J connectivity index is 1.66. The lowest BCUT2D eigenvalue weighted by atomic mass is 10.1. The quantitative estimate of drug-likeness (QED) is 0.350. The Morgan fingerprint density at radius 3 is 2.72 bits per heavy atom. The van der Waals surface area contributed by atoms with E-state index in [2.05, 4.69) is 10.3 Å². The number of non-ortho nitro benzene ring substituents is 1. The molecule has 1 heterocycles. The second kappa shape index (κ2) is 7.37. The largest absolute Gasteiger partial charge is 0.436 e. The second-order valence-corrected chi connectivity index (χ2v) is 6.81. The number of anilines is 1. The van der Waals surface area contributed by atoms with Crippen LogP contribution in [0.2, 0.25) is 5.02 Å². The van der Waals surface area contributed by atoms with Crippen molar-refractivity contribution in [2.24, 2.45) is 0 Å². The summed E-state index contributed by atoms with van der Waals surface area (Å²) >= 11 is 6.01. The molecule has 0 aliphatic heterocycles. The number of aromatic nitrogens is 1. The van der Waals surface area contributed by atoms with E-state index in [9.17, 15) is 14.9 Å². The number of rotatable bonds is 4. The van der Waals surface area contributed by atoms with E-state index in [0.29, 0.717) is 33.3 Å². The van der Waals surface area contributed by atoms with Crippen molar-refractivity contribution in [3.8, 4) is 11.5 Å². The Morgan fingerprint density at radius 2 is 1.93 bits per heavy atom. The predicted molar refractivity (Wildman–Crippen MR) is 110 cm³/mol. The first-order valence-electron chi connectivity index (χ1n) is 8.64. The topological polar surface area (TPSA) is 98.3 Å². The molecule has 0 bridgehead atoms. The second-order valence-electron chi connectivity index (χ2n) is 6.37. The molecule has 4 rings (SSSR count). The van der Waals surface area contributed by atoms with Gasteiger partial charge in [-0.15, -0.1) is 0 Å². The van der Waals surface area contributed by atoms with Crippen molar-refractivity contribution in [1.29, 1.82) is 0 Å². The minimum atomic E-state index is -0.540. The van der Waals surface area contributed by atoms with Gasteiger partial charge in [0.05, 0.1) is 4.92 Å². The average molecular weight is 408 g/mol. The summed E-state index contributed by atoms with van der Waals surface area (Å²) in [5.74, 6) is -0.0375. The van der Waals surface area contributed by atoms with E-state index < -0.39 is 10.8 Å². The molecule has 0 radical (unpaired) electrons. The molecule has 7 nitrogen and oxygen atoms in total. The summed E-state index contributed by atoms with van der Waals surface area (Å²) in [5, 5.41) is 14.3. The summed E-state index contributed by atoms with van der Waals surface area (Å²) in [5.41, 5.74) is 3.32. The first-order valence-corrected chi connectivity index (χ1v) is 9.02. The van der Waals surface area contributed by atoms with Gasteiger partial charge < -0.3 is 9.73 Å². The maximum absolute atomic E-state index is 12.6. The van der Waals surface area contributed by atoms with Crippen LogP contribution < -0.4 is 5.32 Å². The number of nitro benzene ring substituents is 1. The van der Waals surface area contributed by atoms with Crippen LogP contribution in [0.1, 0.15) is 15.9 Å². The summed E-state index contributed by atoms with van der Waals surface area (Å²) < 4.78 is 5.82. The van der Waals surface area contributed by atoms with Crippen LogP contribution in [0.3, 0.4) is 0 Å². The van der Waals surface area contributed by atoms with Crippen molar-refractivity contribution >= 4 is 40.0 Å². The van der Waals surface area contributed by atoms with Crippen LogP contribution in [0, 0.1) is 17.0 Å². The van der Waals surface area contributed by atoms with Gasteiger partial charge in [-0.25, -0.2) is 4.98 Å². The number of carbonyl (C=O) groups is 1. The van der Waals surface area contributed by atoms with Crippen molar-refractivity contribution in [3.63, 3.8) is 0 Å². The Bertz CT molecular complexity index is 1270. The molecule has 0 saturated heterocycles. The number of nitro groups is 1. The minimum Gasteiger partial charge on any atom is -0.436 e. The monoisotopic (exact) mass is 407 g/mol. The molecule has 8 heteroatoms.